The minimum Gasteiger partial charge on any atom is -0.423 e. The maximum Gasteiger partial charge on any atom is 0.494 e. The summed E-state index contributed by atoms with van der Waals surface area (Å²) in [5, 5.41) is 41.2. The standard InChI is InChI=1S/C22H26B2F2N2O8/c1-3-12-4-6-14(19(25)17(12)23(32)33)21(30)27-8-9-28(10-16(29)35-2)22(31)15-7-5-13-11-36-24(34)18(13)20(15)26/h4-7,16,29,32-34H,3,8-11H2,1-2H3,(H,27,30). The Balaban J connectivity index is 1.76. The van der Waals surface area contributed by atoms with Crippen LogP contribution in [0.2, 0.25) is 0 Å². The van der Waals surface area contributed by atoms with E-state index < -0.39 is 55.0 Å². The molecule has 2 aromatic carbocycles. The van der Waals surface area contributed by atoms with Gasteiger partial charge in [-0.15, -0.1) is 0 Å². The fraction of sp³-hybridized carbons (Fsp3) is 0.364. The number of amides is 2. The number of nitrogens with one attached hydrogen (secondary N) is 1. The van der Waals surface area contributed by atoms with Gasteiger partial charge in [0.2, 0.25) is 0 Å². The van der Waals surface area contributed by atoms with Crippen LogP contribution >= 0.6 is 0 Å². The van der Waals surface area contributed by atoms with Gasteiger partial charge in [0.25, 0.3) is 11.8 Å². The second-order valence-electron chi connectivity index (χ2n) is 8.09. The van der Waals surface area contributed by atoms with Gasteiger partial charge in [0.05, 0.1) is 24.3 Å². The first-order chi connectivity index (χ1) is 17.1. The number of halogens is 2. The zero-order chi connectivity index (χ0) is 26.6. The van der Waals surface area contributed by atoms with Crippen LogP contribution in [0.4, 0.5) is 8.78 Å². The molecule has 1 heterocycles. The van der Waals surface area contributed by atoms with E-state index in [1.165, 1.54) is 31.4 Å². The summed E-state index contributed by atoms with van der Waals surface area (Å²) in [5.74, 6) is -3.76. The molecule has 0 spiro atoms. The Labute approximate surface area is 206 Å². The van der Waals surface area contributed by atoms with Gasteiger partial charge in [0.15, 0.2) is 6.29 Å². The Kier molecular flexibility index (Phi) is 9.17. The molecular weight excluding hydrogens is 480 g/mol. The van der Waals surface area contributed by atoms with Crippen molar-refractivity contribution in [3.8, 4) is 0 Å². The number of hydrogen-bond acceptors (Lipinski definition) is 8. The number of aliphatic hydroxyl groups excluding tert-OH is 1. The highest BCUT2D eigenvalue weighted by molar-refractivity contribution is 6.61. The third-order valence-electron chi connectivity index (χ3n) is 5.90. The number of carbonyl (C=O) groups excluding carboxylic acids is 2. The first kappa shape index (κ1) is 27.7. The Morgan fingerprint density at radius 1 is 1.22 bits per heavy atom. The summed E-state index contributed by atoms with van der Waals surface area (Å²) >= 11 is 0. The number of aryl methyl sites for hydroxylation is 1. The number of aliphatic hydroxyl groups is 1. The summed E-state index contributed by atoms with van der Waals surface area (Å²) in [7, 11) is -2.42. The number of rotatable bonds is 10. The van der Waals surface area contributed by atoms with Crippen molar-refractivity contribution in [2.45, 2.75) is 26.2 Å². The maximum absolute atomic E-state index is 15.0. The molecule has 0 aromatic heterocycles. The predicted octanol–water partition coefficient (Wildman–Crippen LogP) is -1.74. The van der Waals surface area contributed by atoms with E-state index in [0.29, 0.717) is 17.5 Å². The predicted molar refractivity (Wildman–Crippen MR) is 126 cm³/mol. The molecule has 1 unspecified atom stereocenters. The van der Waals surface area contributed by atoms with E-state index in [2.05, 4.69) is 5.32 Å². The van der Waals surface area contributed by atoms with Gasteiger partial charge < -0.3 is 39.8 Å². The van der Waals surface area contributed by atoms with Gasteiger partial charge in [-0.1, -0.05) is 19.1 Å². The van der Waals surface area contributed by atoms with Gasteiger partial charge in [-0.05, 0) is 29.7 Å². The van der Waals surface area contributed by atoms with E-state index in [9.17, 15) is 34.2 Å². The average molecular weight is 506 g/mol. The zero-order valence-electron chi connectivity index (χ0n) is 19.7. The smallest absolute Gasteiger partial charge is 0.423 e. The SMILES string of the molecule is CCc1ccc(C(=O)NCCN(CC(O)OC)C(=O)c2ccc3c(c2F)B(O)OC3)c(F)c1B(O)O. The number of nitrogens with zero attached hydrogens (tertiary/aromatic N) is 1. The molecule has 3 rings (SSSR count). The van der Waals surface area contributed by atoms with Gasteiger partial charge in [0.1, 0.15) is 11.6 Å². The fourth-order valence-corrected chi connectivity index (χ4v) is 3.95. The molecule has 2 aromatic rings. The molecule has 14 heteroatoms. The normalized spacial score (nSPS) is 13.4. The highest BCUT2D eigenvalue weighted by Crippen LogP contribution is 2.18. The van der Waals surface area contributed by atoms with Crippen molar-refractivity contribution < 1.29 is 47.9 Å². The van der Waals surface area contributed by atoms with Crippen molar-refractivity contribution in [2.24, 2.45) is 0 Å². The van der Waals surface area contributed by atoms with Crippen LogP contribution in [0, 0.1) is 11.6 Å². The molecule has 0 saturated carbocycles. The lowest BCUT2D eigenvalue weighted by molar-refractivity contribution is -0.0859. The molecule has 1 aliphatic rings. The van der Waals surface area contributed by atoms with Crippen LogP contribution in [0.1, 0.15) is 38.8 Å². The molecule has 1 aliphatic heterocycles. The maximum atomic E-state index is 15.0. The largest absolute Gasteiger partial charge is 0.494 e. The van der Waals surface area contributed by atoms with Crippen LogP contribution in [-0.2, 0) is 22.4 Å². The Morgan fingerprint density at radius 2 is 1.92 bits per heavy atom. The number of ether oxygens (including phenoxy) is 1. The van der Waals surface area contributed by atoms with Crippen LogP contribution in [-0.4, -0.2) is 84.2 Å². The van der Waals surface area contributed by atoms with Gasteiger partial charge in [-0.25, -0.2) is 8.78 Å². The van der Waals surface area contributed by atoms with Crippen molar-refractivity contribution in [1.82, 2.24) is 10.2 Å². The first-order valence-corrected chi connectivity index (χ1v) is 11.2. The van der Waals surface area contributed by atoms with Crippen molar-refractivity contribution in [1.29, 1.82) is 0 Å². The minimum absolute atomic E-state index is 0.00908. The molecule has 0 aliphatic carbocycles. The quantitative estimate of drug-likeness (QED) is 0.189. The van der Waals surface area contributed by atoms with Gasteiger partial charge in [-0.2, -0.15) is 0 Å². The molecule has 10 nitrogen and oxygen atoms in total. The van der Waals surface area contributed by atoms with Gasteiger partial charge in [-0.3, -0.25) is 9.59 Å². The summed E-state index contributed by atoms with van der Waals surface area (Å²) in [4.78, 5) is 26.7. The second-order valence-corrected chi connectivity index (χ2v) is 8.09. The van der Waals surface area contributed by atoms with E-state index in [0.717, 1.165) is 4.90 Å². The molecule has 0 radical (unpaired) electrons. The molecular formula is C22H26B2F2N2O8. The van der Waals surface area contributed by atoms with Crippen LogP contribution < -0.4 is 16.2 Å². The van der Waals surface area contributed by atoms with Crippen LogP contribution in [0.15, 0.2) is 24.3 Å². The van der Waals surface area contributed by atoms with Crippen LogP contribution in [0.25, 0.3) is 0 Å². The minimum atomic E-state index is -2.11. The topological polar surface area (TPSA) is 149 Å². The summed E-state index contributed by atoms with van der Waals surface area (Å²) in [6.07, 6.45) is -1.10. The number of carbonyl (C=O) groups is 2. The number of hydrogen-bond donors (Lipinski definition) is 5. The molecule has 5 N–H and O–H groups in total. The molecule has 192 valence electrons. The van der Waals surface area contributed by atoms with Gasteiger partial charge in [0, 0.05) is 31.1 Å². The lowest BCUT2D eigenvalue weighted by atomic mass is 9.75. The number of methoxy groups -OCH3 is 1. The lowest BCUT2D eigenvalue weighted by Crippen LogP contribution is -2.44. The van der Waals surface area contributed by atoms with E-state index in [-0.39, 0.29) is 37.3 Å². The number of fused-ring (bicyclic) bond motifs is 1. The summed E-state index contributed by atoms with van der Waals surface area (Å²) in [6, 6.07) is 5.30. The van der Waals surface area contributed by atoms with Crippen molar-refractivity contribution in [3.05, 3.63) is 58.2 Å². The molecule has 36 heavy (non-hydrogen) atoms. The number of benzene rings is 2. The van der Waals surface area contributed by atoms with Gasteiger partial charge >= 0.3 is 14.2 Å². The van der Waals surface area contributed by atoms with E-state index in [1.807, 2.05) is 0 Å². The molecule has 0 bridgehead atoms. The summed E-state index contributed by atoms with van der Waals surface area (Å²) < 4.78 is 39.6. The summed E-state index contributed by atoms with van der Waals surface area (Å²) in [5.41, 5.74) is -0.621. The van der Waals surface area contributed by atoms with E-state index in [4.69, 9.17) is 9.39 Å². The molecule has 0 fully saturated rings. The van der Waals surface area contributed by atoms with Crippen molar-refractivity contribution in [2.75, 3.05) is 26.7 Å². The Bertz CT molecular complexity index is 1140. The second kappa shape index (κ2) is 11.9. The fourth-order valence-electron chi connectivity index (χ4n) is 3.95. The molecule has 2 amide bonds. The van der Waals surface area contributed by atoms with Crippen molar-refractivity contribution in [3.63, 3.8) is 0 Å². The van der Waals surface area contributed by atoms with E-state index in [1.54, 1.807) is 6.92 Å². The highest BCUT2D eigenvalue weighted by atomic mass is 19.1. The Morgan fingerprint density at radius 3 is 2.56 bits per heavy atom. The lowest BCUT2D eigenvalue weighted by Gasteiger charge is -2.25. The first-order valence-electron chi connectivity index (χ1n) is 11.2. The third-order valence-corrected chi connectivity index (χ3v) is 5.90. The average Bonchev–Trinajstić information content (AvgIpc) is 3.23. The van der Waals surface area contributed by atoms with E-state index >= 15 is 4.39 Å². The van der Waals surface area contributed by atoms with Crippen molar-refractivity contribution >= 4 is 37.0 Å². The summed E-state index contributed by atoms with van der Waals surface area (Å²) in [6.45, 7) is 0.875. The zero-order valence-corrected chi connectivity index (χ0v) is 19.7. The monoisotopic (exact) mass is 506 g/mol. The highest BCUT2D eigenvalue weighted by Gasteiger charge is 2.34. The Hall–Kier alpha value is -2.87. The third kappa shape index (κ3) is 5.75. The molecule has 0 saturated heterocycles. The molecule has 1 atom stereocenters. The van der Waals surface area contributed by atoms with Crippen LogP contribution in [0.3, 0.4) is 0 Å². The van der Waals surface area contributed by atoms with Crippen LogP contribution in [0.5, 0.6) is 0 Å².